The number of rotatable bonds is 4. The summed E-state index contributed by atoms with van der Waals surface area (Å²) < 4.78 is 5.17. The second kappa shape index (κ2) is 6.67. The van der Waals surface area contributed by atoms with Crippen molar-refractivity contribution in [3.05, 3.63) is 58.6 Å². The van der Waals surface area contributed by atoms with Crippen LogP contribution in [0.25, 0.3) is 11.6 Å². The quantitative estimate of drug-likeness (QED) is 0.793. The molecule has 2 aromatic carbocycles. The van der Waals surface area contributed by atoms with Gasteiger partial charge in [0.1, 0.15) is 5.75 Å². The molecule has 5 heteroatoms. The minimum atomic E-state index is -0.0169. The Morgan fingerprint density at radius 3 is 2.50 bits per heavy atom. The highest BCUT2D eigenvalue weighted by Gasteiger charge is 2.32. The van der Waals surface area contributed by atoms with Gasteiger partial charge in [-0.2, -0.15) is 0 Å². The number of benzene rings is 2. The second-order valence-electron chi connectivity index (χ2n) is 5.95. The van der Waals surface area contributed by atoms with Gasteiger partial charge in [-0.1, -0.05) is 29.8 Å². The van der Waals surface area contributed by atoms with Gasteiger partial charge in [0.15, 0.2) is 0 Å². The molecule has 0 aromatic heterocycles. The average Bonchev–Trinajstić information content (AvgIpc) is 2.80. The van der Waals surface area contributed by atoms with E-state index in [2.05, 4.69) is 0 Å². The van der Waals surface area contributed by atoms with Gasteiger partial charge in [0.05, 0.1) is 19.5 Å². The van der Waals surface area contributed by atoms with Gasteiger partial charge in [0.2, 0.25) is 0 Å². The van der Waals surface area contributed by atoms with Crippen molar-refractivity contribution >= 4 is 34.8 Å². The zero-order valence-corrected chi connectivity index (χ0v) is 14.7. The van der Waals surface area contributed by atoms with Crippen LogP contribution in [-0.4, -0.2) is 38.7 Å². The predicted molar refractivity (Wildman–Crippen MR) is 98.4 cm³/mol. The molecule has 1 amide bonds. The molecular formula is C19H19ClN2O2. The maximum Gasteiger partial charge on any atom is 0.260 e. The fourth-order valence-electron chi connectivity index (χ4n) is 2.76. The van der Waals surface area contributed by atoms with Gasteiger partial charge in [-0.25, -0.2) is 0 Å². The van der Waals surface area contributed by atoms with Crippen LogP contribution in [0.1, 0.15) is 11.1 Å². The van der Waals surface area contributed by atoms with Crippen LogP contribution in [0.2, 0.25) is 5.02 Å². The van der Waals surface area contributed by atoms with E-state index in [1.165, 1.54) is 0 Å². The van der Waals surface area contributed by atoms with Crippen molar-refractivity contribution in [3.8, 4) is 5.75 Å². The summed E-state index contributed by atoms with van der Waals surface area (Å²) >= 11 is 6.13. The molecule has 0 saturated carbocycles. The van der Waals surface area contributed by atoms with Crippen LogP contribution in [0.3, 0.4) is 0 Å². The summed E-state index contributed by atoms with van der Waals surface area (Å²) in [6.45, 7) is 0.506. The highest BCUT2D eigenvalue weighted by Crippen LogP contribution is 2.39. The Hall–Kier alpha value is -2.30. The average molecular weight is 343 g/mol. The molecule has 0 radical (unpaired) electrons. The summed E-state index contributed by atoms with van der Waals surface area (Å²) in [4.78, 5) is 16.6. The number of hydrogen-bond acceptors (Lipinski definition) is 3. The molecule has 0 spiro atoms. The molecule has 1 aliphatic heterocycles. The van der Waals surface area contributed by atoms with Crippen LogP contribution in [0.5, 0.6) is 5.75 Å². The first-order valence-corrected chi connectivity index (χ1v) is 7.99. The predicted octanol–water partition coefficient (Wildman–Crippen LogP) is 3.75. The summed E-state index contributed by atoms with van der Waals surface area (Å²) in [6, 6.07) is 13.2. The third kappa shape index (κ3) is 3.16. The Balaban J connectivity index is 2.04. The molecule has 0 saturated heterocycles. The molecule has 3 rings (SSSR count). The molecule has 0 unspecified atom stereocenters. The molecule has 124 valence electrons. The molecule has 4 nitrogen and oxygen atoms in total. The van der Waals surface area contributed by atoms with Crippen molar-refractivity contribution in [3.63, 3.8) is 0 Å². The molecule has 1 heterocycles. The van der Waals surface area contributed by atoms with Gasteiger partial charge in [-0.15, -0.1) is 0 Å². The molecule has 0 aliphatic carbocycles. The smallest absolute Gasteiger partial charge is 0.260 e. The van der Waals surface area contributed by atoms with Crippen LogP contribution in [-0.2, 0) is 4.79 Å². The summed E-state index contributed by atoms with van der Waals surface area (Å²) in [5.74, 6) is 0.771. The lowest BCUT2D eigenvalue weighted by molar-refractivity contribution is -0.113. The van der Waals surface area contributed by atoms with E-state index in [1.807, 2.05) is 67.5 Å². The second-order valence-corrected chi connectivity index (χ2v) is 6.38. The molecule has 0 N–H and O–H groups in total. The minimum Gasteiger partial charge on any atom is -0.497 e. The number of hydrogen-bond donors (Lipinski definition) is 0. The number of amides is 1. The molecule has 0 atom stereocenters. The number of carbonyl (C=O) groups is 1. The van der Waals surface area contributed by atoms with Gasteiger partial charge in [0.25, 0.3) is 5.91 Å². The summed E-state index contributed by atoms with van der Waals surface area (Å²) in [7, 11) is 5.50. The number of halogens is 1. The van der Waals surface area contributed by atoms with Crippen molar-refractivity contribution < 1.29 is 9.53 Å². The standard InChI is InChI=1S/C19H19ClN2O2/c1-21(2)12-22-18-11-14(20)6-9-16(18)17(19(22)23)10-13-4-7-15(24-3)8-5-13/h4-11H,12H2,1-3H3/b17-10-. The highest BCUT2D eigenvalue weighted by molar-refractivity contribution is 6.37. The third-order valence-corrected chi connectivity index (χ3v) is 4.10. The van der Waals surface area contributed by atoms with E-state index in [9.17, 15) is 4.79 Å². The van der Waals surface area contributed by atoms with E-state index in [4.69, 9.17) is 16.3 Å². The van der Waals surface area contributed by atoms with Crippen molar-refractivity contribution in [2.75, 3.05) is 32.8 Å². The van der Waals surface area contributed by atoms with Crippen LogP contribution >= 0.6 is 11.6 Å². The van der Waals surface area contributed by atoms with E-state index >= 15 is 0 Å². The molecular weight excluding hydrogens is 324 g/mol. The molecule has 24 heavy (non-hydrogen) atoms. The van der Waals surface area contributed by atoms with Crippen LogP contribution in [0, 0.1) is 0 Å². The fourth-order valence-corrected chi connectivity index (χ4v) is 2.92. The van der Waals surface area contributed by atoms with Crippen molar-refractivity contribution in [1.82, 2.24) is 4.90 Å². The minimum absolute atomic E-state index is 0.0169. The first-order chi connectivity index (χ1) is 11.5. The number of anilines is 1. The van der Waals surface area contributed by atoms with E-state index in [1.54, 1.807) is 12.0 Å². The molecule has 0 fully saturated rings. The van der Waals surface area contributed by atoms with E-state index in [0.717, 1.165) is 22.6 Å². The number of carbonyl (C=O) groups excluding carboxylic acids is 1. The van der Waals surface area contributed by atoms with Gasteiger partial charge in [0, 0.05) is 16.2 Å². The highest BCUT2D eigenvalue weighted by atomic mass is 35.5. The van der Waals surface area contributed by atoms with Crippen molar-refractivity contribution in [2.45, 2.75) is 0 Å². The van der Waals surface area contributed by atoms with E-state index in [-0.39, 0.29) is 5.91 Å². The van der Waals surface area contributed by atoms with Crippen LogP contribution in [0.15, 0.2) is 42.5 Å². The van der Waals surface area contributed by atoms with Gasteiger partial charge in [-0.3, -0.25) is 14.6 Å². The van der Waals surface area contributed by atoms with Crippen LogP contribution in [0.4, 0.5) is 5.69 Å². The van der Waals surface area contributed by atoms with Gasteiger partial charge >= 0.3 is 0 Å². The lowest BCUT2D eigenvalue weighted by Gasteiger charge is -2.21. The third-order valence-electron chi connectivity index (χ3n) is 3.87. The van der Waals surface area contributed by atoms with Crippen molar-refractivity contribution in [1.29, 1.82) is 0 Å². The first kappa shape index (κ1) is 16.6. The first-order valence-electron chi connectivity index (χ1n) is 7.62. The monoisotopic (exact) mass is 342 g/mol. The summed E-state index contributed by atoms with van der Waals surface area (Å²) in [5, 5.41) is 0.621. The normalized spacial score (nSPS) is 15.3. The number of ether oxygens (including phenoxy) is 1. The van der Waals surface area contributed by atoms with Gasteiger partial charge in [-0.05, 0) is 50.0 Å². The maximum absolute atomic E-state index is 12.9. The zero-order chi connectivity index (χ0) is 17.3. The Kier molecular flexibility index (Phi) is 4.60. The zero-order valence-electron chi connectivity index (χ0n) is 13.9. The summed E-state index contributed by atoms with van der Waals surface area (Å²) in [6.07, 6.45) is 1.91. The molecule has 2 aromatic rings. The Morgan fingerprint density at radius 2 is 1.88 bits per heavy atom. The lowest BCUT2D eigenvalue weighted by atomic mass is 10.0. The molecule has 0 bridgehead atoms. The van der Waals surface area contributed by atoms with Crippen molar-refractivity contribution in [2.24, 2.45) is 0 Å². The maximum atomic E-state index is 12.9. The number of methoxy groups -OCH3 is 1. The van der Waals surface area contributed by atoms with E-state index < -0.39 is 0 Å². The van der Waals surface area contributed by atoms with Gasteiger partial charge < -0.3 is 4.74 Å². The number of fused-ring (bicyclic) bond motifs is 1. The van der Waals surface area contributed by atoms with E-state index in [0.29, 0.717) is 17.3 Å². The fraction of sp³-hybridized carbons (Fsp3) is 0.211. The summed E-state index contributed by atoms with van der Waals surface area (Å²) in [5.41, 5.74) is 3.38. The number of nitrogens with zero attached hydrogens (tertiary/aromatic N) is 2. The van der Waals surface area contributed by atoms with Crippen LogP contribution < -0.4 is 9.64 Å². The SMILES string of the molecule is COc1ccc(/C=C2\C(=O)N(CN(C)C)c3cc(Cl)ccc32)cc1. The lowest BCUT2D eigenvalue weighted by Crippen LogP contribution is -2.35. The Morgan fingerprint density at radius 1 is 1.17 bits per heavy atom. The largest absolute Gasteiger partial charge is 0.497 e. The Labute approximate surface area is 146 Å². The molecule has 1 aliphatic rings. The topological polar surface area (TPSA) is 32.8 Å². The Bertz CT molecular complexity index is 798.